The standard InChI is InChI=1S/C23H17FN8O2/c1-32-9-14(18(10-33)31-32)15-2-3-17-21(26-15)22(30-29-17)23-27-16-4-5-25-19(20(16)28-23)11-6-12(24)8-13(34)7-11/h2-9,33-34H,10H2,1H3,(H,27,28)(H,29,30). The number of phenols is 1. The van der Waals surface area contributed by atoms with Gasteiger partial charge in [-0.1, -0.05) is 0 Å². The number of pyridine rings is 2. The first-order chi connectivity index (χ1) is 16.5. The summed E-state index contributed by atoms with van der Waals surface area (Å²) in [7, 11) is 1.78. The molecular formula is C23H17FN8O2. The first-order valence-electron chi connectivity index (χ1n) is 10.3. The van der Waals surface area contributed by atoms with Crippen molar-refractivity contribution in [2.75, 3.05) is 0 Å². The van der Waals surface area contributed by atoms with Gasteiger partial charge in [-0.05, 0) is 30.3 Å². The van der Waals surface area contributed by atoms with Crippen LogP contribution in [0.5, 0.6) is 5.75 Å². The Labute approximate surface area is 190 Å². The van der Waals surface area contributed by atoms with E-state index in [0.717, 1.165) is 11.6 Å². The Balaban J connectivity index is 1.51. The summed E-state index contributed by atoms with van der Waals surface area (Å²) in [4.78, 5) is 17.0. The third-order valence-electron chi connectivity index (χ3n) is 5.52. The van der Waals surface area contributed by atoms with Crippen LogP contribution in [0, 0.1) is 5.82 Å². The van der Waals surface area contributed by atoms with Gasteiger partial charge < -0.3 is 15.2 Å². The van der Waals surface area contributed by atoms with Crippen molar-refractivity contribution < 1.29 is 14.6 Å². The molecule has 0 fully saturated rings. The molecule has 34 heavy (non-hydrogen) atoms. The number of aliphatic hydroxyl groups excluding tert-OH is 1. The molecule has 0 atom stereocenters. The normalized spacial score (nSPS) is 11.6. The zero-order valence-electron chi connectivity index (χ0n) is 17.8. The molecule has 0 bridgehead atoms. The fraction of sp³-hybridized carbons (Fsp3) is 0.0870. The Hall–Kier alpha value is -4.64. The fourth-order valence-electron chi connectivity index (χ4n) is 4.05. The van der Waals surface area contributed by atoms with Crippen LogP contribution in [0.2, 0.25) is 0 Å². The van der Waals surface area contributed by atoms with Crippen molar-refractivity contribution in [2.24, 2.45) is 7.05 Å². The molecule has 0 saturated carbocycles. The minimum atomic E-state index is -0.572. The lowest BCUT2D eigenvalue weighted by atomic mass is 10.1. The average Bonchev–Trinajstić information content (AvgIpc) is 3.53. The highest BCUT2D eigenvalue weighted by Crippen LogP contribution is 2.32. The number of aliphatic hydroxyl groups is 1. The molecule has 1 aromatic carbocycles. The van der Waals surface area contributed by atoms with E-state index >= 15 is 0 Å². The number of fused-ring (bicyclic) bond motifs is 2. The summed E-state index contributed by atoms with van der Waals surface area (Å²) in [5, 5.41) is 31.1. The molecule has 0 aliphatic carbocycles. The molecule has 0 amide bonds. The summed E-state index contributed by atoms with van der Waals surface area (Å²) < 4.78 is 15.5. The van der Waals surface area contributed by atoms with Crippen molar-refractivity contribution in [3.8, 4) is 39.8 Å². The van der Waals surface area contributed by atoms with Crippen molar-refractivity contribution in [1.82, 2.24) is 39.9 Å². The zero-order chi connectivity index (χ0) is 23.4. The summed E-state index contributed by atoms with van der Waals surface area (Å²) >= 11 is 0. The van der Waals surface area contributed by atoms with Crippen LogP contribution in [0.25, 0.3) is 56.1 Å². The van der Waals surface area contributed by atoms with Gasteiger partial charge in [0.2, 0.25) is 0 Å². The molecule has 6 rings (SSSR count). The number of nitrogens with zero attached hydrogens (tertiary/aromatic N) is 6. The first kappa shape index (κ1) is 20.0. The van der Waals surface area contributed by atoms with Crippen molar-refractivity contribution in [2.45, 2.75) is 6.61 Å². The summed E-state index contributed by atoms with van der Waals surface area (Å²) in [6.45, 7) is -0.205. The molecule has 0 aliphatic heterocycles. The van der Waals surface area contributed by atoms with E-state index in [1.54, 1.807) is 30.2 Å². The maximum absolute atomic E-state index is 13.9. The van der Waals surface area contributed by atoms with Crippen molar-refractivity contribution in [3.63, 3.8) is 0 Å². The van der Waals surface area contributed by atoms with E-state index in [4.69, 9.17) is 4.98 Å². The molecule has 5 heterocycles. The SMILES string of the molecule is Cn1cc(-c2ccc3[nH]nc(-c4nc5c(-c6cc(O)cc(F)c6)nccc5[nH]4)c3n2)c(CO)n1. The van der Waals surface area contributed by atoms with E-state index in [9.17, 15) is 14.6 Å². The van der Waals surface area contributed by atoms with Crippen LogP contribution in [0.3, 0.4) is 0 Å². The summed E-state index contributed by atoms with van der Waals surface area (Å²) in [5.74, 6) is -0.316. The maximum Gasteiger partial charge on any atom is 0.161 e. The predicted molar refractivity (Wildman–Crippen MR) is 122 cm³/mol. The number of hydrogen-bond acceptors (Lipinski definition) is 7. The van der Waals surface area contributed by atoms with Gasteiger partial charge in [0, 0.05) is 36.6 Å². The molecule has 6 aromatic rings. The van der Waals surface area contributed by atoms with Crippen LogP contribution in [0.4, 0.5) is 4.39 Å². The summed E-state index contributed by atoms with van der Waals surface area (Å²) in [6, 6.07) is 9.20. The number of halogens is 1. The second-order valence-corrected chi connectivity index (χ2v) is 7.83. The van der Waals surface area contributed by atoms with Gasteiger partial charge in [0.1, 0.15) is 22.6 Å². The number of nitrogens with one attached hydrogen (secondary N) is 2. The van der Waals surface area contributed by atoms with E-state index in [2.05, 4.69) is 30.2 Å². The quantitative estimate of drug-likeness (QED) is 0.319. The molecule has 10 nitrogen and oxygen atoms in total. The average molecular weight is 456 g/mol. The molecule has 0 aliphatic rings. The van der Waals surface area contributed by atoms with Crippen LogP contribution in [0.1, 0.15) is 5.69 Å². The monoisotopic (exact) mass is 456 g/mol. The van der Waals surface area contributed by atoms with Gasteiger partial charge in [0.05, 0.1) is 34.7 Å². The molecule has 0 radical (unpaired) electrons. The highest BCUT2D eigenvalue weighted by atomic mass is 19.1. The van der Waals surface area contributed by atoms with E-state index in [0.29, 0.717) is 56.2 Å². The Morgan fingerprint density at radius 1 is 1.03 bits per heavy atom. The number of aromatic hydroxyl groups is 1. The molecule has 168 valence electrons. The molecule has 5 aromatic heterocycles. The van der Waals surface area contributed by atoms with Crippen LogP contribution < -0.4 is 0 Å². The van der Waals surface area contributed by atoms with Gasteiger partial charge in [-0.15, -0.1) is 0 Å². The van der Waals surface area contributed by atoms with Gasteiger partial charge >= 0.3 is 0 Å². The number of benzene rings is 1. The fourth-order valence-corrected chi connectivity index (χ4v) is 4.05. The number of rotatable bonds is 4. The lowest BCUT2D eigenvalue weighted by Crippen LogP contribution is -1.92. The Bertz CT molecular complexity index is 1680. The van der Waals surface area contributed by atoms with Crippen LogP contribution in [-0.2, 0) is 13.7 Å². The number of H-pyrrole nitrogens is 2. The van der Waals surface area contributed by atoms with Crippen molar-refractivity contribution in [3.05, 3.63) is 60.3 Å². The minimum Gasteiger partial charge on any atom is -0.508 e. The van der Waals surface area contributed by atoms with E-state index in [1.807, 2.05) is 12.1 Å². The second-order valence-electron chi connectivity index (χ2n) is 7.83. The second kappa shape index (κ2) is 7.46. The number of aromatic amines is 2. The van der Waals surface area contributed by atoms with Crippen molar-refractivity contribution >= 4 is 22.1 Å². The van der Waals surface area contributed by atoms with E-state index < -0.39 is 5.82 Å². The highest BCUT2D eigenvalue weighted by molar-refractivity contribution is 5.95. The lowest BCUT2D eigenvalue weighted by Gasteiger charge is -2.03. The predicted octanol–water partition coefficient (Wildman–Crippen LogP) is 3.30. The van der Waals surface area contributed by atoms with Gasteiger partial charge in [-0.2, -0.15) is 10.2 Å². The molecule has 4 N–H and O–H groups in total. The van der Waals surface area contributed by atoms with Crippen LogP contribution >= 0.6 is 0 Å². The zero-order valence-corrected chi connectivity index (χ0v) is 17.8. The number of aryl methyl sites for hydroxylation is 1. The molecule has 0 unspecified atom stereocenters. The number of aromatic nitrogens is 8. The first-order valence-corrected chi connectivity index (χ1v) is 10.3. The number of phenolic OH excluding ortho intramolecular Hbond substituents is 1. The lowest BCUT2D eigenvalue weighted by molar-refractivity contribution is 0.276. The van der Waals surface area contributed by atoms with E-state index in [1.165, 1.54) is 12.1 Å². The Morgan fingerprint density at radius 3 is 2.71 bits per heavy atom. The number of hydrogen-bond donors (Lipinski definition) is 4. The van der Waals surface area contributed by atoms with Gasteiger partial charge in [0.15, 0.2) is 11.5 Å². The van der Waals surface area contributed by atoms with Gasteiger partial charge in [-0.3, -0.25) is 14.8 Å². The Kier molecular flexibility index (Phi) is 4.39. The Morgan fingerprint density at radius 2 is 1.88 bits per heavy atom. The third-order valence-corrected chi connectivity index (χ3v) is 5.52. The molecule has 11 heteroatoms. The molecule has 0 spiro atoms. The summed E-state index contributed by atoms with van der Waals surface area (Å²) in [6.07, 6.45) is 3.38. The minimum absolute atomic E-state index is 0.197. The largest absolute Gasteiger partial charge is 0.508 e. The highest BCUT2D eigenvalue weighted by Gasteiger charge is 2.19. The summed E-state index contributed by atoms with van der Waals surface area (Å²) in [5.41, 5.74) is 5.68. The van der Waals surface area contributed by atoms with Crippen LogP contribution in [-0.4, -0.2) is 50.1 Å². The molecule has 0 saturated heterocycles. The third kappa shape index (κ3) is 3.18. The van der Waals surface area contributed by atoms with Crippen LogP contribution in [0.15, 0.2) is 48.8 Å². The number of imidazole rings is 1. The maximum atomic E-state index is 13.9. The molecular weight excluding hydrogens is 439 g/mol. The van der Waals surface area contributed by atoms with Gasteiger partial charge in [0.25, 0.3) is 0 Å². The van der Waals surface area contributed by atoms with Gasteiger partial charge in [-0.25, -0.2) is 14.4 Å². The van der Waals surface area contributed by atoms with Crippen molar-refractivity contribution in [1.29, 1.82) is 0 Å². The smallest absolute Gasteiger partial charge is 0.161 e. The van der Waals surface area contributed by atoms with E-state index in [-0.39, 0.29) is 12.4 Å². The topological polar surface area (TPSA) is 141 Å².